The van der Waals surface area contributed by atoms with E-state index in [0.717, 1.165) is 11.3 Å². The molecular formula is C19H21N3O3. The Hall–Kier alpha value is -3.02. The number of primary amides is 1. The second-order valence-electron chi connectivity index (χ2n) is 6.02. The first-order valence-corrected chi connectivity index (χ1v) is 8.26. The Labute approximate surface area is 146 Å². The van der Waals surface area contributed by atoms with Crippen molar-refractivity contribution in [1.29, 1.82) is 0 Å². The molecule has 1 aliphatic rings. The monoisotopic (exact) mass is 339 g/mol. The number of urea groups is 1. The van der Waals surface area contributed by atoms with Gasteiger partial charge in [-0.25, -0.2) is 4.79 Å². The average Bonchev–Trinajstić information content (AvgIpc) is 3.12. The van der Waals surface area contributed by atoms with E-state index in [0.29, 0.717) is 31.8 Å². The Kier molecular flexibility index (Phi) is 5.18. The molecule has 1 saturated heterocycles. The molecule has 3 rings (SSSR count). The van der Waals surface area contributed by atoms with E-state index in [4.69, 9.17) is 10.5 Å². The predicted molar refractivity (Wildman–Crippen MR) is 94.1 cm³/mol. The molecule has 1 unspecified atom stereocenters. The summed E-state index contributed by atoms with van der Waals surface area (Å²) in [4.78, 5) is 25.1. The maximum absolute atomic E-state index is 12.3. The van der Waals surface area contributed by atoms with Crippen LogP contribution in [0.15, 0.2) is 54.6 Å². The summed E-state index contributed by atoms with van der Waals surface area (Å²) in [5, 5.41) is 2.88. The molecule has 1 aliphatic heterocycles. The first-order valence-electron chi connectivity index (χ1n) is 8.26. The highest BCUT2D eigenvalue weighted by molar-refractivity contribution is 5.80. The molecule has 3 N–H and O–H groups in total. The molecular weight excluding hydrogens is 318 g/mol. The van der Waals surface area contributed by atoms with Gasteiger partial charge in [-0.1, -0.05) is 36.4 Å². The topological polar surface area (TPSA) is 84.7 Å². The van der Waals surface area contributed by atoms with Gasteiger partial charge in [0.25, 0.3) is 0 Å². The number of nitrogens with two attached hydrogens (primary N) is 1. The summed E-state index contributed by atoms with van der Waals surface area (Å²) in [5.74, 6) is 0.840. The van der Waals surface area contributed by atoms with Gasteiger partial charge in [0.05, 0.1) is 5.92 Å². The van der Waals surface area contributed by atoms with E-state index >= 15 is 0 Å². The van der Waals surface area contributed by atoms with Crippen molar-refractivity contribution in [3.8, 4) is 11.5 Å². The summed E-state index contributed by atoms with van der Waals surface area (Å²) in [6.45, 7) is 1.27. The highest BCUT2D eigenvalue weighted by Crippen LogP contribution is 2.25. The van der Waals surface area contributed by atoms with Crippen molar-refractivity contribution in [2.45, 2.75) is 13.0 Å². The molecule has 0 bridgehead atoms. The van der Waals surface area contributed by atoms with Gasteiger partial charge >= 0.3 is 6.03 Å². The number of para-hydroxylation sites is 2. The molecule has 6 nitrogen and oxygen atoms in total. The fourth-order valence-corrected chi connectivity index (χ4v) is 2.82. The first-order chi connectivity index (χ1) is 12.1. The lowest BCUT2D eigenvalue weighted by Gasteiger charge is -2.18. The smallest absolute Gasteiger partial charge is 0.317 e. The second kappa shape index (κ2) is 7.70. The number of amides is 3. The van der Waals surface area contributed by atoms with E-state index in [-0.39, 0.29) is 17.9 Å². The molecule has 1 fully saturated rings. The number of ether oxygens (including phenoxy) is 1. The molecule has 2 aromatic rings. The zero-order valence-electron chi connectivity index (χ0n) is 13.9. The number of nitrogens with zero attached hydrogens (tertiary/aromatic N) is 1. The van der Waals surface area contributed by atoms with E-state index in [9.17, 15) is 9.59 Å². The zero-order chi connectivity index (χ0) is 17.6. The van der Waals surface area contributed by atoms with E-state index in [2.05, 4.69) is 5.32 Å². The van der Waals surface area contributed by atoms with Crippen LogP contribution in [-0.2, 0) is 11.3 Å². The van der Waals surface area contributed by atoms with Crippen molar-refractivity contribution in [3.05, 3.63) is 60.2 Å². The number of carbonyl (C=O) groups excluding carboxylic acids is 2. The number of nitrogens with one attached hydrogen (secondary N) is 1. The molecule has 0 spiro atoms. The Morgan fingerprint density at radius 2 is 1.84 bits per heavy atom. The number of hydrogen-bond acceptors (Lipinski definition) is 3. The molecule has 0 saturated carbocycles. The summed E-state index contributed by atoms with van der Waals surface area (Å²) >= 11 is 0. The maximum Gasteiger partial charge on any atom is 0.317 e. The molecule has 0 aliphatic carbocycles. The van der Waals surface area contributed by atoms with Gasteiger partial charge in [-0.05, 0) is 24.6 Å². The Morgan fingerprint density at radius 1 is 1.12 bits per heavy atom. The van der Waals surface area contributed by atoms with Gasteiger partial charge in [0.2, 0.25) is 5.91 Å². The van der Waals surface area contributed by atoms with Gasteiger partial charge in [-0.15, -0.1) is 0 Å². The fourth-order valence-electron chi connectivity index (χ4n) is 2.82. The van der Waals surface area contributed by atoms with Crippen molar-refractivity contribution in [3.63, 3.8) is 0 Å². The third kappa shape index (κ3) is 4.29. The summed E-state index contributed by atoms with van der Waals surface area (Å²) < 4.78 is 5.89. The molecule has 6 heteroatoms. The molecule has 0 aromatic heterocycles. The van der Waals surface area contributed by atoms with Crippen molar-refractivity contribution in [2.75, 3.05) is 13.1 Å². The normalized spacial score (nSPS) is 16.5. The van der Waals surface area contributed by atoms with Crippen molar-refractivity contribution >= 4 is 11.9 Å². The molecule has 3 amide bonds. The van der Waals surface area contributed by atoms with Gasteiger partial charge in [-0.3, -0.25) is 4.79 Å². The molecule has 1 atom stereocenters. The van der Waals surface area contributed by atoms with Crippen LogP contribution in [0.1, 0.15) is 12.0 Å². The van der Waals surface area contributed by atoms with E-state index in [1.807, 2.05) is 54.6 Å². The molecule has 25 heavy (non-hydrogen) atoms. The van der Waals surface area contributed by atoms with Gasteiger partial charge < -0.3 is 20.7 Å². The number of rotatable bonds is 5. The lowest BCUT2D eigenvalue weighted by Crippen LogP contribution is -2.39. The number of hydrogen-bond donors (Lipinski definition) is 2. The molecule has 0 radical (unpaired) electrons. The number of likely N-dealkylation sites (tertiary alicyclic amines) is 1. The second-order valence-corrected chi connectivity index (χ2v) is 6.02. The summed E-state index contributed by atoms with van der Waals surface area (Å²) in [6, 6.07) is 16.9. The van der Waals surface area contributed by atoms with Crippen LogP contribution < -0.4 is 15.8 Å². The fraction of sp³-hybridized carbons (Fsp3) is 0.263. The van der Waals surface area contributed by atoms with Crippen molar-refractivity contribution < 1.29 is 14.3 Å². The van der Waals surface area contributed by atoms with Crippen LogP contribution in [0, 0.1) is 5.92 Å². The Balaban J connectivity index is 1.60. The Morgan fingerprint density at radius 3 is 2.56 bits per heavy atom. The van der Waals surface area contributed by atoms with Gasteiger partial charge in [0.15, 0.2) is 0 Å². The lowest BCUT2D eigenvalue weighted by atomic mass is 10.1. The lowest BCUT2D eigenvalue weighted by molar-refractivity contribution is -0.121. The van der Waals surface area contributed by atoms with Crippen LogP contribution in [0.25, 0.3) is 0 Å². The highest BCUT2D eigenvalue weighted by atomic mass is 16.5. The van der Waals surface area contributed by atoms with Crippen LogP contribution in [0.3, 0.4) is 0 Å². The predicted octanol–water partition coefficient (Wildman–Crippen LogP) is 2.50. The third-order valence-corrected chi connectivity index (χ3v) is 4.25. The van der Waals surface area contributed by atoms with Gasteiger partial charge in [0.1, 0.15) is 11.5 Å². The number of carbonyl (C=O) groups is 2. The van der Waals surface area contributed by atoms with Gasteiger partial charge in [0, 0.05) is 25.2 Å². The van der Waals surface area contributed by atoms with Crippen LogP contribution in [0.5, 0.6) is 11.5 Å². The minimum atomic E-state index is -0.350. The standard InChI is InChI=1S/C19H21N3O3/c20-18(23)15-10-11-22(13-15)19(24)21-12-14-6-4-5-9-17(14)25-16-7-2-1-3-8-16/h1-9,15H,10-13H2,(H2,20,23)(H,21,24). The highest BCUT2D eigenvalue weighted by Gasteiger charge is 2.29. The van der Waals surface area contributed by atoms with Crippen LogP contribution in [0.2, 0.25) is 0 Å². The van der Waals surface area contributed by atoms with E-state index in [1.54, 1.807) is 4.90 Å². The molecule has 130 valence electrons. The van der Waals surface area contributed by atoms with Crippen LogP contribution >= 0.6 is 0 Å². The minimum Gasteiger partial charge on any atom is -0.457 e. The molecule has 2 aromatic carbocycles. The Bertz CT molecular complexity index is 749. The largest absolute Gasteiger partial charge is 0.457 e. The van der Waals surface area contributed by atoms with Crippen LogP contribution in [-0.4, -0.2) is 29.9 Å². The van der Waals surface area contributed by atoms with Crippen molar-refractivity contribution in [1.82, 2.24) is 10.2 Å². The van der Waals surface area contributed by atoms with Crippen molar-refractivity contribution in [2.24, 2.45) is 11.7 Å². The average molecular weight is 339 g/mol. The minimum absolute atomic E-state index is 0.196. The van der Waals surface area contributed by atoms with E-state index in [1.165, 1.54) is 0 Å². The third-order valence-electron chi connectivity index (χ3n) is 4.25. The first kappa shape index (κ1) is 16.8. The zero-order valence-corrected chi connectivity index (χ0v) is 13.9. The SMILES string of the molecule is NC(=O)C1CCN(C(=O)NCc2ccccc2Oc2ccccc2)C1. The van der Waals surface area contributed by atoms with Gasteiger partial charge in [-0.2, -0.15) is 0 Å². The van der Waals surface area contributed by atoms with E-state index < -0.39 is 0 Å². The van der Waals surface area contributed by atoms with Crippen LogP contribution in [0.4, 0.5) is 4.79 Å². The summed E-state index contributed by atoms with van der Waals surface area (Å²) in [6.07, 6.45) is 0.621. The summed E-state index contributed by atoms with van der Waals surface area (Å²) in [5.41, 5.74) is 6.18. The molecule has 1 heterocycles. The number of benzene rings is 2. The summed E-state index contributed by atoms with van der Waals surface area (Å²) in [7, 11) is 0. The maximum atomic E-state index is 12.3. The quantitative estimate of drug-likeness (QED) is 0.878.